The fourth-order valence-electron chi connectivity index (χ4n) is 1.80. The Morgan fingerprint density at radius 2 is 2.35 bits per heavy atom. The molecule has 92 valence electrons. The first-order valence-corrected chi connectivity index (χ1v) is 6.95. The predicted octanol–water partition coefficient (Wildman–Crippen LogP) is 1.93. The maximum Gasteiger partial charge on any atom is 0.239 e. The summed E-state index contributed by atoms with van der Waals surface area (Å²) in [5.41, 5.74) is 0.913. The van der Waals surface area contributed by atoms with Gasteiger partial charge in [-0.1, -0.05) is 0 Å². The van der Waals surface area contributed by atoms with Gasteiger partial charge in [0.1, 0.15) is 0 Å². The standard InChI is InChI=1S/C11H13Br2N3O/c1-16-3-2-9(11(16)17)15-6-10-8(13)4-7(12)5-14-10/h4-5,9,15H,2-3,6H2,1H3. The lowest BCUT2D eigenvalue weighted by Gasteiger charge is -2.12. The van der Waals surface area contributed by atoms with E-state index in [9.17, 15) is 4.79 Å². The van der Waals surface area contributed by atoms with E-state index in [1.165, 1.54) is 0 Å². The summed E-state index contributed by atoms with van der Waals surface area (Å²) >= 11 is 6.81. The van der Waals surface area contributed by atoms with Crippen LogP contribution in [0, 0.1) is 0 Å². The molecule has 1 amide bonds. The van der Waals surface area contributed by atoms with E-state index >= 15 is 0 Å². The lowest BCUT2D eigenvalue weighted by atomic mass is 10.2. The van der Waals surface area contributed by atoms with Crippen LogP contribution in [0.5, 0.6) is 0 Å². The van der Waals surface area contributed by atoms with Crippen LogP contribution in [0.25, 0.3) is 0 Å². The second-order valence-electron chi connectivity index (χ2n) is 4.06. The van der Waals surface area contributed by atoms with Crippen LogP contribution in [-0.2, 0) is 11.3 Å². The summed E-state index contributed by atoms with van der Waals surface area (Å²) in [6.07, 6.45) is 2.62. The third-order valence-electron chi connectivity index (χ3n) is 2.83. The van der Waals surface area contributed by atoms with Crippen molar-refractivity contribution in [3.63, 3.8) is 0 Å². The van der Waals surface area contributed by atoms with Crippen LogP contribution in [0.3, 0.4) is 0 Å². The average Bonchev–Trinajstić information content (AvgIpc) is 2.59. The van der Waals surface area contributed by atoms with Gasteiger partial charge >= 0.3 is 0 Å². The molecule has 17 heavy (non-hydrogen) atoms. The van der Waals surface area contributed by atoms with Gasteiger partial charge in [0.25, 0.3) is 0 Å². The molecule has 1 atom stereocenters. The third kappa shape index (κ3) is 3.05. The van der Waals surface area contributed by atoms with Gasteiger partial charge < -0.3 is 10.2 Å². The molecule has 1 N–H and O–H groups in total. The number of aromatic nitrogens is 1. The van der Waals surface area contributed by atoms with Gasteiger partial charge in [-0.2, -0.15) is 0 Å². The first-order chi connectivity index (χ1) is 8.08. The highest BCUT2D eigenvalue weighted by atomic mass is 79.9. The monoisotopic (exact) mass is 361 g/mol. The van der Waals surface area contributed by atoms with Gasteiger partial charge in [0.2, 0.25) is 5.91 Å². The van der Waals surface area contributed by atoms with Gasteiger partial charge in [0.05, 0.1) is 11.7 Å². The van der Waals surface area contributed by atoms with E-state index < -0.39 is 0 Å². The van der Waals surface area contributed by atoms with Crippen molar-refractivity contribution in [3.05, 3.63) is 26.9 Å². The van der Waals surface area contributed by atoms with Gasteiger partial charge in [-0.05, 0) is 44.3 Å². The Kier molecular flexibility index (Phi) is 4.17. The van der Waals surface area contributed by atoms with E-state index in [0.29, 0.717) is 6.54 Å². The molecule has 2 heterocycles. The predicted molar refractivity (Wildman–Crippen MR) is 72.5 cm³/mol. The summed E-state index contributed by atoms with van der Waals surface area (Å²) in [5, 5.41) is 3.24. The van der Waals surface area contributed by atoms with E-state index in [0.717, 1.165) is 27.6 Å². The van der Waals surface area contributed by atoms with Crippen molar-refractivity contribution in [1.29, 1.82) is 0 Å². The van der Waals surface area contributed by atoms with E-state index in [1.54, 1.807) is 11.1 Å². The van der Waals surface area contributed by atoms with Crippen LogP contribution in [-0.4, -0.2) is 35.4 Å². The fraction of sp³-hybridized carbons (Fsp3) is 0.455. The number of carbonyl (C=O) groups is 1. The summed E-state index contributed by atoms with van der Waals surface area (Å²) < 4.78 is 1.88. The zero-order chi connectivity index (χ0) is 12.4. The Morgan fingerprint density at radius 1 is 1.59 bits per heavy atom. The molecule has 2 rings (SSSR count). The fourth-order valence-corrected chi connectivity index (χ4v) is 2.93. The number of amides is 1. The van der Waals surface area contributed by atoms with Crippen LogP contribution in [0.4, 0.5) is 0 Å². The van der Waals surface area contributed by atoms with E-state index in [1.807, 2.05) is 13.1 Å². The molecule has 1 unspecified atom stereocenters. The van der Waals surface area contributed by atoms with Crippen molar-refractivity contribution in [2.75, 3.05) is 13.6 Å². The smallest absolute Gasteiger partial charge is 0.239 e. The molecule has 1 aliphatic heterocycles. The van der Waals surface area contributed by atoms with Gasteiger partial charge in [-0.3, -0.25) is 9.78 Å². The van der Waals surface area contributed by atoms with Crippen LogP contribution >= 0.6 is 31.9 Å². The first kappa shape index (κ1) is 13.0. The number of hydrogen-bond acceptors (Lipinski definition) is 3. The highest BCUT2D eigenvalue weighted by molar-refractivity contribution is 9.11. The number of pyridine rings is 1. The highest BCUT2D eigenvalue weighted by Crippen LogP contribution is 2.20. The zero-order valence-electron chi connectivity index (χ0n) is 9.41. The minimum absolute atomic E-state index is 0.0719. The Labute approximate surface area is 117 Å². The van der Waals surface area contributed by atoms with E-state index in [2.05, 4.69) is 42.2 Å². The Morgan fingerprint density at radius 3 is 2.94 bits per heavy atom. The van der Waals surface area contributed by atoms with Crippen LogP contribution in [0.1, 0.15) is 12.1 Å². The van der Waals surface area contributed by atoms with Gasteiger partial charge in [-0.25, -0.2) is 0 Å². The molecule has 0 aromatic carbocycles. The molecule has 0 radical (unpaired) electrons. The Hall–Kier alpha value is -0.460. The summed E-state index contributed by atoms with van der Waals surface area (Å²) in [6.45, 7) is 1.42. The van der Waals surface area contributed by atoms with Crippen molar-refractivity contribution >= 4 is 37.8 Å². The van der Waals surface area contributed by atoms with E-state index in [4.69, 9.17) is 0 Å². The second kappa shape index (κ2) is 5.46. The number of hydrogen-bond donors (Lipinski definition) is 1. The molecule has 1 fully saturated rings. The lowest BCUT2D eigenvalue weighted by molar-refractivity contribution is -0.128. The van der Waals surface area contributed by atoms with Crippen molar-refractivity contribution in [2.45, 2.75) is 19.0 Å². The normalized spacial score (nSPS) is 20.1. The molecular weight excluding hydrogens is 350 g/mol. The Bertz CT molecular complexity index is 439. The molecule has 1 aromatic heterocycles. The quantitative estimate of drug-likeness (QED) is 0.893. The highest BCUT2D eigenvalue weighted by Gasteiger charge is 2.28. The van der Waals surface area contributed by atoms with Crippen LogP contribution in [0.15, 0.2) is 21.2 Å². The number of likely N-dealkylation sites (tertiary alicyclic amines) is 1. The summed E-state index contributed by atoms with van der Waals surface area (Å²) in [7, 11) is 1.83. The average molecular weight is 363 g/mol. The van der Waals surface area contributed by atoms with Gasteiger partial charge in [0.15, 0.2) is 0 Å². The largest absolute Gasteiger partial charge is 0.344 e. The van der Waals surface area contributed by atoms with Crippen LogP contribution < -0.4 is 5.32 Å². The number of nitrogens with one attached hydrogen (secondary N) is 1. The SMILES string of the molecule is CN1CCC(NCc2ncc(Br)cc2Br)C1=O. The minimum Gasteiger partial charge on any atom is -0.344 e. The summed E-state index contributed by atoms with van der Waals surface area (Å²) in [4.78, 5) is 17.7. The minimum atomic E-state index is -0.0719. The third-order valence-corrected chi connectivity index (χ3v) is 3.95. The molecule has 1 saturated heterocycles. The number of carbonyl (C=O) groups excluding carboxylic acids is 1. The molecule has 1 aromatic rings. The molecule has 4 nitrogen and oxygen atoms in total. The van der Waals surface area contributed by atoms with E-state index in [-0.39, 0.29) is 11.9 Å². The topological polar surface area (TPSA) is 45.2 Å². The molecule has 0 bridgehead atoms. The summed E-state index contributed by atoms with van der Waals surface area (Å²) in [5.74, 6) is 0.165. The van der Waals surface area contributed by atoms with Crippen molar-refractivity contribution in [3.8, 4) is 0 Å². The summed E-state index contributed by atoms with van der Waals surface area (Å²) in [6, 6.07) is 1.88. The lowest BCUT2D eigenvalue weighted by Crippen LogP contribution is -2.36. The van der Waals surface area contributed by atoms with Crippen molar-refractivity contribution in [1.82, 2.24) is 15.2 Å². The molecule has 6 heteroatoms. The second-order valence-corrected chi connectivity index (χ2v) is 5.83. The van der Waals surface area contributed by atoms with Crippen molar-refractivity contribution < 1.29 is 4.79 Å². The number of likely N-dealkylation sites (N-methyl/N-ethyl adjacent to an activating group) is 1. The number of rotatable bonds is 3. The van der Waals surface area contributed by atoms with Crippen LogP contribution in [0.2, 0.25) is 0 Å². The zero-order valence-corrected chi connectivity index (χ0v) is 12.6. The number of nitrogens with zero attached hydrogens (tertiary/aromatic N) is 2. The number of halogens is 2. The molecule has 0 spiro atoms. The van der Waals surface area contributed by atoms with Gasteiger partial charge in [-0.15, -0.1) is 0 Å². The first-order valence-electron chi connectivity index (χ1n) is 5.36. The Balaban J connectivity index is 1.96. The van der Waals surface area contributed by atoms with Gasteiger partial charge in [0, 0.05) is 35.3 Å². The molecule has 1 aliphatic rings. The maximum atomic E-state index is 11.7. The molecular formula is C11H13Br2N3O. The molecule has 0 saturated carbocycles. The molecule has 0 aliphatic carbocycles. The van der Waals surface area contributed by atoms with Crippen molar-refractivity contribution in [2.24, 2.45) is 0 Å². The maximum absolute atomic E-state index is 11.7.